The molecule has 1 aromatic heterocycles. The number of aromatic nitrogens is 2. The topological polar surface area (TPSA) is 54.7 Å². The monoisotopic (exact) mass is 371 g/mol. The maximum Gasteiger partial charge on any atom is 0.193 e. The van der Waals surface area contributed by atoms with E-state index in [4.69, 9.17) is 4.74 Å². The Hall–Kier alpha value is -2.41. The third-order valence-corrected chi connectivity index (χ3v) is 5.53. The van der Waals surface area contributed by atoms with Crippen molar-refractivity contribution in [2.75, 3.05) is 39.9 Å². The summed E-state index contributed by atoms with van der Waals surface area (Å²) in [5, 5.41) is 8.03. The van der Waals surface area contributed by atoms with Gasteiger partial charge in [-0.1, -0.05) is 0 Å². The highest BCUT2D eigenvalue weighted by atomic mass is 19.1. The fourth-order valence-electron chi connectivity index (χ4n) is 3.95. The Balaban J connectivity index is 1.29. The van der Waals surface area contributed by atoms with Gasteiger partial charge < -0.3 is 15.0 Å². The fourth-order valence-corrected chi connectivity index (χ4v) is 3.95. The largest absolute Gasteiger partial charge is 0.381 e. The van der Waals surface area contributed by atoms with Gasteiger partial charge in [-0.05, 0) is 43.2 Å². The molecule has 2 aliphatic rings. The second kappa shape index (κ2) is 7.68. The van der Waals surface area contributed by atoms with Crippen LogP contribution in [0.4, 0.5) is 4.39 Å². The summed E-state index contributed by atoms with van der Waals surface area (Å²) in [4.78, 5) is 6.79. The van der Waals surface area contributed by atoms with Crippen LogP contribution in [0.25, 0.3) is 5.69 Å². The average Bonchev–Trinajstić information content (AvgIpc) is 3.42. The third kappa shape index (κ3) is 3.98. The Morgan fingerprint density at radius 3 is 2.89 bits per heavy atom. The van der Waals surface area contributed by atoms with E-state index in [0.717, 1.165) is 63.0 Å². The summed E-state index contributed by atoms with van der Waals surface area (Å²) in [5.41, 5.74) is 2.17. The van der Waals surface area contributed by atoms with Crippen LogP contribution < -0.4 is 5.32 Å². The van der Waals surface area contributed by atoms with Crippen LogP contribution in [0.3, 0.4) is 0 Å². The Morgan fingerprint density at radius 2 is 2.15 bits per heavy atom. The van der Waals surface area contributed by atoms with Crippen LogP contribution in [-0.2, 0) is 11.2 Å². The van der Waals surface area contributed by atoms with E-state index in [1.807, 2.05) is 19.3 Å². The number of hydrogen-bond acceptors (Lipinski definition) is 3. The number of likely N-dealkylation sites (tertiary alicyclic amines) is 1. The van der Waals surface area contributed by atoms with Crippen molar-refractivity contribution >= 4 is 5.96 Å². The van der Waals surface area contributed by atoms with E-state index in [1.54, 1.807) is 16.8 Å². The Kier molecular flexibility index (Phi) is 5.11. The average molecular weight is 371 g/mol. The Labute approximate surface area is 159 Å². The van der Waals surface area contributed by atoms with E-state index >= 15 is 0 Å². The molecule has 144 valence electrons. The highest BCUT2D eigenvalue weighted by Gasteiger charge is 2.42. The molecular formula is C20H26FN5O. The third-order valence-electron chi connectivity index (χ3n) is 5.53. The highest BCUT2D eigenvalue weighted by molar-refractivity contribution is 5.80. The number of guanidine groups is 1. The summed E-state index contributed by atoms with van der Waals surface area (Å²) in [6.07, 6.45) is 5.04. The number of ether oxygens (including phenoxy) is 1. The first-order valence-electron chi connectivity index (χ1n) is 9.51. The minimum Gasteiger partial charge on any atom is -0.381 e. The molecular weight excluding hydrogens is 345 g/mol. The zero-order valence-electron chi connectivity index (χ0n) is 15.7. The van der Waals surface area contributed by atoms with Crippen LogP contribution in [0.1, 0.15) is 18.5 Å². The van der Waals surface area contributed by atoms with Gasteiger partial charge in [0.05, 0.1) is 18.0 Å². The van der Waals surface area contributed by atoms with E-state index in [-0.39, 0.29) is 5.82 Å². The van der Waals surface area contributed by atoms with Gasteiger partial charge in [0.15, 0.2) is 5.96 Å². The number of aliphatic imine (C=N–C) groups is 1. The van der Waals surface area contributed by atoms with Crippen LogP contribution in [-0.4, -0.2) is 60.5 Å². The van der Waals surface area contributed by atoms with Crippen LogP contribution >= 0.6 is 0 Å². The van der Waals surface area contributed by atoms with Crippen LogP contribution in [0.15, 0.2) is 41.5 Å². The van der Waals surface area contributed by atoms with Gasteiger partial charge in [0.1, 0.15) is 5.82 Å². The van der Waals surface area contributed by atoms with Gasteiger partial charge in [-0.15, -0.1) is 0 Å². The molecule has 2 aliphatic heterocycles. The van der Waals surface area contributed by atoms with E-state index in [0.29, 0.717) is 5.41 Å². The van der Waals surface area contributed by atoms with E-state index in [9.17, 15) is 4.39 Å². The quantitative estimate of drug-likeness (QED) is 0.662. The SMILES string of the molecule is CN=C(NCCc1ccn(-c2ccc(F)cc2)n1)N1CCC2(CCOC2)C1. The summed E-state index contributed by atoms with van der Waals surface area (Å²) in [6, 6.07) is 8.33. The van der Waals surface area contributed by atoms with Crippen LogP contribution in [0, 0.1) is 11.2 Å². The van der Waals surface area contributed by atoms with E-state index in [2.05, 4.69) is 20.3 Å². The molecule has 1 atom stereocenters. The zero-order chi connectivity index (χ0) is 18.7. The lowest BCUT2D eigenvalue weighted by molar-refractivity contribution is 0.156. The second-order valence-electron chi connectivity index (χ2n) is 7.43. The van der Waals surface area contributed by atoms with Gasteiger partial charge in [-0.3, -0.25) is 4.99 Å². The molecule has 27 heavy (non-hydrogen) atoms. The standard InChI is InChI=1S/C20H26FN5O/c1-22-19(25-12-8-20(14-25)9-13-27-15-20)23-10-6-17-7-11-26(24-17)18-4-2-16(21)3-5-18/h2-5,7,11H,6,8-10,12-15H2,1H3,(H,22,23). The van der Waals surface area contributed by atoms with Crippen molar-refractivity contribution in [3.8, 4) is 5.69 Å². The van der Waals surface area contributed by atoms with E-state index in [1.165, 1.54) is 18.6 Å². The van der Waals surface area contributed by atoms with Crippen molar-refractivity contribution in [3.05, 3.63) is 48.0 Å². The number of nitrogens with zero attached hydrogens (tertiary/aromatic N) is 4. The summed E-state index contributed by atoms with van der Waals surface area (Å²) in [7, 11) is 1.84. The van der Waals surface area contributed by atoms with Gasteiger partial charge in [-0.2, -0.15) is 5.10 Å². The van der Waals surface area contributed by atoms with Gasteiger partial charge >= 0.3 is 0 Å². The lowest BCUT2D eigenvalue weighted by Crippen LogP contribution is -2.42. The predicted molar refractivity (Wildman–Crippen MR) is 103 cm³/mol. The lowest BCUT2D eigenvalue weighted by atomic mass is 9.87. The number of benzene rings is 1. The first-order chi connectivity index (χ1) is 13.2. The van der Waals surface area contributed by atoms with Gasteiger partial charge in [-0.25, -0.2) is 9.07 Å². The molecule has 0 aliphatic carbocycles. The molecule has 0 radical (unpaired) electrons. The highest BCUT2D eigenvalue weighted by Crippen LogP contribution is 2.38. The molecule has 1 unspecified atom stereocenters. The Bertz CT molecular complexity index is 795. The van der Waals surface area contributed by atoms with Crippen molar-refractivity contribution in [1.29, 1.82) is 0 Å². The first kappa shape index (κ1) is 18.0. The molecule has 7 heteroatoms. The lowest BCUT2D eigenvalue weighted by Gasteiger charge is -2.24. The molecule has 2 fully saturated rings. The smallest absolute Gasteiger partial charge is 0.193 e. The van der Waals surface area contributed by atoms with Gasteiger partial charge in [0, 0.05) is 51.3 Å². The van der Waals surface area contributed by atoms with Crippen LogP contribution in [0.5, 0.6) is 0 Å². The van der Waals surface area contributed by atoms with Crippen molar-refractivity contribution in [3.63, 3.8) is 0 Å². The molecule has 0 saturated carbocycles. The Morgan fingerprint density at radius 1 is 1.30 bits per heavy atom. The summed E-state index contributed by atoms with van der Waals surface area (Å²) >= 11 is 0. The number of nitrogens with one attached hydrogen (secondary N) is 1. The fraction of sp³-hybridized carbons (Fsp3) is 0.500. The second-order valence-corrected chi connectivity index (χ2v) is 7.43. The van der Waals surface area contributed by atoms with Crippen LogP contribution in [0.2, 0.25) is 0 Å². The molecule has 6 nitrogen and oxygen atoms in total. The van der Waals surface area contributed by atoms with Crippen molar-refractivity contribution in [1.82, 2.24) is 20.0 Å². The molecule has 0 amide bonds. The van der Waals surface area contributed by atoms with Crippen molar-refractivity contribution in [2.24, 2.45) is 10.4 Å². The molecule has 0 bridgehead atoms. The molecule has 1 N–H and O–H groups in total. The normalized spacial score (nSPS) is 22.7. The number of rotatable bonds is 4. The zero-order valence-corrected chi connectivity index (χ0v) is 15.7. The van der Waals surface area contributed by atoms with Gasteiger partial charge in [0.25, 0.3) is 0 Å². The summed E-state index contributed by atoms with van der Waals surface area (Å²) < 4.78 is 20.4. The minimum absolute atomic E-state index is 0.241. The molecule has 3 heterocycles. The maximum atomic E-state index is 13.0. The van der Waals surface area contributed by atoms with Crippen molar-refractivity contribution in [2.45, 2.75) is 19.3 Å². The predicted octanol–water partition coefficient (Wildman–Crippen LogP) is 2.24. The summed E-state index contributed by atoms with van der Waals surface area (Å²) in [6.45, 7) is 4.58. The molecule has 1 spiro atoms. The van der Waals surface area contributed by atoms with Crippen molar-refractivity contribution < 1.29 is 9.13 Å². The minimum atomic E-state index is -0.241. The maximum absolute atomic E-state index is 13.0. The first-order valence-corrected chi connectivity index (χ1v) is 9.51. The number of hydrogen-bond donors (Lipinski definition) is 1. The molecule has 1 aromatic carbocycles. The molecule has 4 rings (SSSR count). The number of halogens is 1. The van der Waals surface area contributed by atoms with Gasteiger partial charge in [0.2, 0.25) is 0 Å². The molecule has 2 saturated heterocycles. The van der Waals surface area contributed by atoms with E-state index < -0.39 is 0 Å². The summed E-state index contributed by atoms with van der Waals surface area (Å²) in [5.74, 6) is 0.714. The molecule has 2 aromatic rings.